The number of hydrogen-bond acceptors (Lipinski definition) is 0. The van der Waals surface area contributed by atoms with Crippen LogP contribution < -0.4 is 0 Å². The summed E-state index contributed by atoms with van der Waals surface area (Å²) in [6.07, 6.45) is 4.84. The third-order valence-electron chi connectivity index (χ3n) is 4.28. The van der Waals surface area contributed by atoms with E-state index < -0.39 is 17.5 Å². The summed E-state index contributed by atoms with van der Waals surface area (Å²) in [7, 11) is 0. The summed E-state index contributed by atoms with van der Waals surface area (Å²) in [6, 6.07) is 1.19. The van der Waals surface area contributed by atoms with Gasteiger partial charge in [-0.2, -0.15) is 0 Å². The Balaban J connectivity index is 2.24. The summed E-state index contributed by atoms with van der Waals surface area (Å²) in [5.74, 6) is -1.86. The molecule has 0 atom stereocenters. The molecule has 2 rings (SSSR count). The lowest BCUT2D eigenvalue weighted by atomic mass is 9.77. The van der Waals surface area contributed by atoms with Gasteiger partial charge in [0.1, 0.15) is 5.82 Å². The number of hydrogen-bond donors (Lipinski definition) is 0. The molecule has 0 bridgehead atoms. The summed E-state index contributed by atoms with van der Waals surface area (Å²) in [5, 5.41) is 0. The monoisotopic (exact) mass is 256 g/mol. The molecule has 0 saturated heterocycles. The first-order valence-corrected chi connectivity index (χ1v) is 6.68. The van der Waals surface area contributed by atoms with Gasteiger partial charge in [-0.15, -0.1) is 0 Å². The van der Waals surface area contributed by atoms with Crippen molar-refractivity contribution in [3.8, 4) is 0 Å². The fourth-order valence-corrected chi connectivity index (χ4v) is 2.88. The van der Waals surface area contributed by atoms with Crippen molar-refractivity contribution in [2.24, 2.45) is 5.92 Å². The molecule has 0 aliphatic heterocycles. The van der Waals surface area contributed by atoms with Gasteiger partial charge in [0, 0.05) is 5.56 Å². The van der Waals surface area contributed by atoms with Crippen LogP contribution in [0.25, 0.3) is 0 Å². The Hall–Kier alpha value is -0.990. The fraction of sp³-hybridized carbons (Fsp3) is 0.600. The minimum absolute atomic E-state index is 0.0302. The van der Waals surface area contributed by atoms with E-state index in [1.54, 1.807) is 0 Å². The van der Waals surface area contributed by atoms with Gasteiger partial charge >= 0.3 is 0 Å². The van der Waals surface area contributed by atoms with Gasteiger partial charge in [-0.05, 0) is 56.1 Å². The van der Waals surface area contributed by atoms with Crippen molar-refractivity contribution in [2.75, 3.05) is 0 Å². The zero-order valence-electron chi connectivity index (χ0n) is 10.9. The maximum absolute atomic E-state index is 13.9. The number of halogens is 3. The lowest BCUT2D eigenvalue weighted by Crippen LogP contribution is -2.15. The maximum atomic E-state index is 13.9. The molecule has 1 fully saturated rings. The molecule has 1 aliphatic rings. The van der Waals surface area contributed by atoms with E-state index in [2.05, 4.69) is 6.92 Å². The van der Waals surface area contributed by atoms with Crippen LogP contribution in [0.1, 0.15) is 56.1 Å². The molecule has 0 radical (unpaired) electrons. The molecule has 100 valence electrons. The Bertz CT molecular complexity index is 432. The van der Waals surface area contributed by atoms with Crippen molar-refractivity contribution >= 4 is 0 Å². The Morgan fingerprint density at radius 2 is 1.67 bits per heavy atom. The molecule has 1 aromatic carbocycles. The van der Waals surface area contributed by atoms with E-state index in [1.165, 1.54) is 13.0 Å². The third kappa shape index (κ3) is 2.40. The predicted molar refractivity (Wildman–Crippen MR) is 66.0 cm³/mol. The molecule has 1 aromatic rings. The summed E-state index contributed by atoms with van der Waals surface area (Å²) >= 11 is 0. The smallest absolute Gasteiger partial charge is 0.164 e. The molecule has 1 saturated carbocycles. The molecular formula is C15H19F3. The summed E-state index contributed by atoms with van der Waals surface area (Å²) in [5.41, 5.74) is 0.00338. The molecule has 0 heterocycles. The highest BCUT2D eigenvalue weighted by Crippen LogP contribution is 2.39. The molecule has 1 aliphatic carbocycles. The zero-order valence-corrected chi connectivity index (χ0v) is 10.9. The fourth-order valence-electron chi connectivity index (χ4n) is 2.88. The molecule has 0 aromatic heterocycles. The number of benzene rings is 1. The highest BCUT2D eigenvalue weighted by Gasteiger charge is 2.26. The van der Waals surface area contributed by atoms with Crippen molar-refractivity contribution in [3.05, 3.63) is 34.6 Å². The van der Waals surface area contributed by atoms with E-state index in [0.717, 1.165) is 32.1 Å². The summed E-state index contributed by atoms with van der Waals surface area (Å²) < 4.78 is 40.9. The second-order valence-corrected chi connectivity index (χ2v) is 5.33. The third-order valence-corrected chi connectivity index (χ3v) is 4.28. The van der Waals surface area contributed by atoms with E-state index >= 15 is 0 Å². The largest absolute Gasteiger partial charge is 0.207 e. The highest BCUT2D eigenvalue weighted by atomic mass is 19.2. The molecule has 0 spiro atoms. The second kappa shape index (κ2) is 5.33. The zero-order chi connectivity index (χ0) is 13.3. The summed E-state index contributed by atoms with van der Waals surface area (Å²) in [6.45, 7) is 3.42. The van der Waals surface area contributed by atoms with Crippen molar-refractivity contribution in [2.45, 2.75) is 51.9 Å². The maximum Gasteiger partial charge on any atom is 0.164 e. The van der Waals surface area contributed by atoms with E-state index in [1.807, 2.05) is 0 Å². The van der Waals surface area contributed by atoms with Gasteiger partial charge in [0.25, 0.3) is 0 Å². The van der Waals surface area contributed by atoms with Crippen LogP contribution in [0.4, 0.5) is 13.2 Å². The normalized spacial score (nSPS) is 24.3. The van der Waals surface area contributed by atoms with Crippen LogP contribution in [0.2, 0.25) is 0 Å². The topological polar surface area (TPSA) is 0 Å². The second-order valence-electron chi connectivity index (χ2n) is 5.33. The molecular weight excluding hydrogens is 237 g/mol. The Labute approximate surface area is 106 Å². The van der Waals surface area contributed by atoms with E-state index in [-0.39, 0.29) is 17.0 Å². The van der Waals surface area contributed by atoms with Crippen molar-refractivity contribution in [1.29, 1.82) is 0 Å². The number of rotatable bonds is 2. The predicted octanol–water partition coefficient (Wildman–Crippen LogP) is 5.10. The first-order chi connectivity index (χ1) is 8.54. The van der Waals surface area contributed by atoms with E-state index in [4.69, 9.17) is 0 Å². The standard InChI is InChI=1S/C15H19F3/c1-3-10-4-6-11(7-5-10)12-8-13(16)9(2)14(17)15(12)18/h8,10-11H,3-7H2,1-2H3. The van der Waals surface area contributed by atoms with Gasteiger partial charge in [0.15, 0.2) is 11.6 Å². The van der Waals surface area contributed by atoms with Crippen LogP contribution in [0.15, 0.2) is 6.07 Å². The first kappa shape index (κ1) is 13.4. The van der Waals surface area contributed by atoms with Crippen LogP contribution in [0, 0.1) is 30.3 Å². The van der Waals surface area contributed by atoms with Gasteiger partial charge in [0.05, 0.1) is 0 Å². The van der Waals surface area contributed by atoms with Crippen molar-refractivity contribution in [3.63, 3.8) is 0 Å². The van der Waals surface area contributed by atoms with Gasteiger partial charge in [-0.1, -0.05) is 13.3 Å². The van der Waals surface area contributed by atoms with Crippen LogP contribution in [-0.4, -0.2) is 0 Å². The lowest BCUT2D eigenvalue weighted by Gasteiger charge is -2.28. The summed E-state index contributed by atoms with van der Waals surface area (Å²) in [4.78, 5) is 0. The first-order valence-electron chi connectivity index (χ1n) is 6.68. The molecule has 0 unspecified atom stereocenters. The van der Waals surface area contributed by atoms with Crippen LogP contribution in [0.3, 0.4) is 0 Å². The van der Waals surface area contributed by atoms with E-state index in [0.29, 0.717) is 5.92 Å². The van der Waals surface area contributed by atoms with Crippen LogP contribution in [-0.2, 0) is 0 Å². The van der Waals surface area contributed by atoms with Gasteiger partial charge in [-0.25, -0.2) is 13.2 Å². The van der Waals surface area contributed by atoms with Gasteiger partial charge < -0.3 is 0 Å². The van der Waals surface area contributed by atoms with Crippen LogP contribution in [0.5, 0.6) is 0 Å². The minimum Gasteiger partial charge on any atom is -0.207 e. The average molecular weight is 256 g/mol. The Morgan fingerprint density at radius 1 is 1.06 bits per heavy atom. The molecule has 0 nitrogen and oxygen atoms in total. The molecule has 3 heteroatoms. The molecule has 18 heavy (non-hydrogen) atoms. The minimum atomic E-state index is -1.03. The highest BCUT2D eigenvalue weighted by molar-refractivity contribution is 5.30. The van der Waals surface area contributed by atoms with Crippen LogP contribution >= 0.6 is 0 Å². The SMILES string of the molecule is CCC1CCC(c2cc(F)c(C)c(F)c2F)CC1. The Kier molecular flexibility index (Phi) is 3.98. The van der Waals surface area contributed by atoms with Crippen molar-refractivity contribution < 1.29 is 13.2 Å². The molecule has 0 N–H and O–H groups in total. The quantitative estimate of drug-likeness (QED) is 0.646. The lowest BCUT2D eigenvalue weighted by molar-refractivity contribution is 0.311. The van der Waals surface area contributed by atoms with Gasteiger partial charge in [-0.3, -0.25) is 0 Å². The van der Waals surface area contributed by atoms with Gasteiger partial charge in [0.2, 0.25) is 0 Å². The van der Waals surface area contributed by atoms with E-state index in [9.17, 15) is 13.2 Å². The average Bonchev–Trinajstić information content (AvgIpc) is 2.41. The molecule has 0 amide bonds. The van der Waals surface area contributed by atoms with Crippen molar-refractivity contribution in [1.82, 2.24) is 0 Å². The Morgan fingerprint density at radius 3 is 2.22 bits per heavy atom.